The number of imidazole rings is 1. The van der Waals surface area contributed by atoms with Crippen molar-refractivity contribution in [2.24, 2.45) is 7.05 Å². The highest BCUT2D eigenvalue weighted by Gasteiger charge is 2.24. The van der Waals surface area contributed by atoms with Crippen molar-refractivity contribution >= 4 is 5.91 Å². The van der Waals surface area contributed by atoms with E-state index in [1.165, 1.54) is 0 Å². The van der Waals surface area contributed by atoms with Crippen molar-refractivity contribution in [2.45, 2.75) is 12.6 Å². The highest BCUT2D eigenvalue weighted by molar-refractivity contribution is 5.94. The van der Waals surface area contributed by atoms with Crippen molar-refractivity contribution in [3.05, 3.63) is 83.4 Å². The third-order valence-corrected chi connectivity index (χ3v) is 5.54. The second-order valence-corrected chi connectivity index (χ2v) is 7.63. The van der Waals surface area contributed by atoms with E-state index >= 15 is 0 Å². The highest BCUT2D eigenvalue weighted by atomic mass is 16.5. The lowest BCUT2D eigenvalue weighted by Crippen LogP contribution is -2.35. The molecule has 1 fully saturated rings. The number of nitrogens with zero attached hydrogens (tertiary/aromatic N) is 3. The Kier molecular flexibility index (Phi) is 6.64. The van der Waals surface area contributed by atoms with Crippen LogP contribution in [0.1, 0.15) is 33.4 Å². The zero-order valence-corrected chi connectivity index (χ0v) is 18.0. The van der Waals surface area contributed by atoms with Gasteiger partial charge < -0.3 is 19.4 Å². The number of aromatic nitrogens is 2. The Balaban J connectivity index is 1.58. The first-order valence-electron chi connectivity index (χ1n) is 10.5. The molecule has 1 amide bonds. The van der Waals surface area contributed by atoms with Crippen LogP contribution in [0.5, 0.6) is 5.75 Å². The average molecular weight is 421 g/mol. The van der Waals surface area contributed by atoms with Gasteiger partial charge in [0.05, 0.1) is 20.3 Å². The van der Waals surface area contributed by atoms with Crippen LogP contribution < -0.4 is 10.1 Å². The van der Waals surface area contributed by atoms with Crippen molar-refractivity contribution < 1.29 is 14.3 Å². The average Bonchev–Trinajstić information content (AvgIpc) is 3.23. The molecule has 1 unspecified atom stereocenters. The van der Waals surface area contributed by atoms with Gasteiger partial charge >= 0.3 is 0 Å². The van der Waals surface area contributed by atoms with E-state index in [-0.39, 0.29) is 5.91 Å². The summed E-state index contributed by atoms with van der Waals surface area (Å²) in [5.41, 5.74) is 2.59. The molecule has 0 bridgehead atoms. The molecule has 1 N–H and O–H groups in total. The minimum absolute atomic E-state index is 0.150. The number of hydrogen-bond donors (Lipinski definition) is 1. The lowest BCUT2D eigenvalue weighted by Gasteiger charge is -2.26. The van der Waals surface area contributed by atoms with Crippen LogP contribution in [0.25, 0.3) is 0 Å². The largest absolute Gasteiger partial charge is 0.496 e. The van der Waals surface area contributed by atoms with E-state index in [1.807, 2.05) is 60.3 Å². The van der Waals surface area contributed by atoms with Crippen LogP contribution >= 0.6 is 0 Å². The number of carbonyl (C=O) groups is 1. The number of ether oxygens (including phenoxy) is 2. The molecule has 3 aromatic rings. The highest BCUT2D eigenvalue weighted by Crippen LogP contribution is 2.29. The topological polar surface area (TPSA) is 68.6 Å². The molecule has 162 valence electrons. The number of hydrogen-bond acceptors (Lipinski definition) is 5. The summed E-state index contributed by atoms with van der Waals surface area (Å²) < 4.78 is 12.9. The molecule has 4 rings (SSSR count). The zero-order chi connectivity index (χ0) is 21.6. The number of nitrogens with one attached hydrogen (secondary N) is 1. The molecule has 7 heteroatoms. The number of rotatable bonds is 7. The summed E-state index contributed by atoms with van der Waals surface area (Å²) in [6.45, 7) is 4.13. The minimum atomic E-state index is -0.438. The van der Waals surface area contributed by atoms with Gasteiger partial charge in [-0.05, 0) is 23.8 Å². The molecule has 2 heterocycles. The van der Waals surface area contributed by atoms with Gasteiger partial charge in [-0.1, -0.05) is 30.3 Å². The van der Waals surface area contributed by atoms with Gasteiger partial charge in [-0.25, -0.2) is 4.98 Å². The van der Waals surface area contributed by atoms with Crippen LogP contribution in [0.15, 0.2) is 60.9 Å². The third kappa shape index (κ3) is 4.95. The summed E-state index contributed by atoms with van der Waals surface area (Å²) in [7, 11) is 3.55. The van der Waals surface area contributed by atoms with E-state index in [2.05, 4.69) is 21.3 Å². The van der Waals surface area contributed by atoms with Crippen LogP contribution in [-0.2, 0) is 18.3 Å². The predicted octanol–water partition coefficient (Wildman–Crippen LogP) is 2.78. The first kappa shape index (κ1) is 21.1. The fourth-order valence-electron chi connectivity index (χ4n) is 3.88. The number of amides is 1. The first-order chi connectivity index (χ1) is 15.2. The van der Waals surface area contributed by atoms with Gasteiger partial charge in [-0.2, -0.15) is 0 Å². The van der Waals surface area contributed by atoms with Crippen LogP contribution in [0, 0.1) is 0 Å². The molecule has 1 aromatic heterocycles. The number of para-hydroxylation sites is 1. The van der Waals surface area contributed by atoms with Gasteiger partial charge in [0.15, 0.2) is 0 Å². The lowest BCUT2D eigenvalue weighted by atomic mass is 10.0. The molecule has 0 saturated carbocycles. The second-order valence-electron chi connectivity index (χ2n) is 7.63. The lowest BCUT2D eigenvalue weighted by molar-refractivity contribution is 0.0342. The summed E-state index contributed by atoms with van der Waals surface area (Å²) >= 11 is 0. The quantitative estimate of drug-likeness (QED) is 0.637. The second kappa shape index (κ2) is 9.76. The van der Waals surface area contributed by atoms with Crippen molar-refractivity contribution in [1.82, 2.24) is 19.8 Å². The molecule has 0 aliphatic carbocycles. The summed E-state index contributed by atoms with van der Waals surface area (Å²) in [5, 5.41) is 3.16. The van der Waals surface area contributed by atoms with Crippen LogP contribution in [-0.4, -0.2) is 53.8 Å². The van der Waals surface area contributed by atoms with Crippen molar-refractivity contribution in [1.29, 1.82) is 0 Å². The fourth-order valence-corrected chi connectivity index (χ4v) is 3.88. The van der Waals surface area contributed by atoms with Gasteiger partial charge in [0.2, 0.25) is 0 Å². The Hall–Kier alpha value is -3.16. The van der Waals surface area contributed by atoms with Crippen LogP contribution in [0.2, 0.25) is 0 Å². The molecular weight excluding hydrogens is 392 g/mol. The van der Waals surface area contributed by atoms with E-state index in [9.17, 15) is 4.79 Å². The summed E-state index contributed by atoms with van der Waals surface area (Å²) in [6.07, 6.45) is 3.60. The predicted molar refractivity (Wildman–Crippen MR) is 118 cm³/mol. The summed E-state index contributed by atoms with van der Waals surface area (Å²) in [4.78, 5) is 20.1. The molecule has 1 saturated heterocycles. The standard InChI is InChI=1S/C24H28N4O3/c1-27-11-10-25-23(27)22(20-8-3-4-9-21(20)30-2)26-24(29)19-7-5-6-18(16-19)17-28-12-14-31-15-13-28/h3-11,16,22H,12-15,17H2,1-2H3,(H,26,29). The Morgan fingerprint density at radius 1 is 1.19 bits per heavy atom. The third-order valence-electron chi connectivity index (χ3n) is 5.54. The zero-order valence-electron chi connectivity index (χ0n) is 18.0. The van der Waals surface area contributed by atoms with Crippen molar-refractivity contribution in [3.8, 4) is 5.75 Å². The van der Waals surface area contributed by atoms with Gasteiger partial charge in [0, 0.05) is 50.2 Å². The van der Waals surface area contributed by atoms with E-state index in [4.69, 9.17) is 9.47 Å². The molecule has 0 radical (unpaired) electrons. The Morgan fingerprint density at radius 3 is 2.74 bits per heavy atom. The number of morpholine rings is 1. The number of aryl methyl sites for hydroxylation is 1. The van der Waals surface area contributed by atoms with Gasteiger partial charge in [-0.15, -0.1) is 0 Å². The Morgan fingerprint density at radius 2 is 2.00 bits per heavy atom. The molecular formula is C24H28N4O3. The maximum absolute atomic E-state index is 13.3. The smallest absolute Gasteiger partial charge is 0.252 e. The van der Waals surface area contributed by atoms with E-state index in [1.54, 1.807) is 13.3 Å². The van der Waals surface area contributed by atoms with Crippen molar-refractivity contribution in [2.75, 3.05) is 33.4 Å². The number of methoxy groups -OCH3 is 1. The molecule has 7 nitrogen and oxygen atoms in total. The van der Waals surface area contributed by atoms with E-state index < -0.39 is 6.04 Å². The van der Waals surface area contributed by atoms with Crippen LogP contribution in [0.4, 0.5) is 0 Å². The van der Waals surface area contributed by atoms with E-state index in [0.29, 0.717) is 11.3 Å². The number of benzene rings is 2. The van der Waals surface area contributed by atoms with Gasteiger partial charge in [0.25, 0.3) is 5.91 Å². The Bertz CT molecular complexity index is 1030. The van der Waals surface area contributed by atoms with Gasteiger partial charge in [-0.3, -0.25) is 9.69 Å². The monoisotopic (exact) mass is 420 g/mol. The molecule has 0 spiro atoms. The minimum Gasteiger partial charge on any atom is -0.496 e. The maximum atomic E-state index is 13.3. The SMILES string of the molecule is COc1ccccc1C(NC(=O)c1cccc(CN2CCOCC2)c1)c1nccn1C. The maximum Gasteiger partial charge on any atom is 0.252 e. The normalized spacial score (nSPS) is 15.4. The van der Waals surface area contributed by atoms with Gasteiger partial charge in [0.1, 0.15) is 17.6 Å². The summed E-state index contributed by atoms with van der Waals surface area (Å²) in [5.74, 6) is 1.29. The Labute approximate surface area is 182 Å². The fraction of sp³-hybridized carbons (Fsp3) is 0.333. The van der Waals surface area contributed by atoms with Crippen LogP contribution in [0.3, 0.4) is 0 Å². The molecule has 1 aliphatic rings. The summed E-state index contributed by atoms with van der Waals surface area (Å²) in [6, 6.07) is 15.0. The van der Waals surface area contributed by atoms with E-state index in [0.717, 1.165) is 49.8 Å². The van der Waals surface area contributed by atoms with Crippen molar-refractivity contribution in [3.63, 3.8) is 0 Å². The molecule has 1 aliphatic heterocycles. The molecule has 1 atom stereocenters. The molecule has 31 heavy (non-hydrogen) atoms. The number of carbonyl (C=O) groups excluding carboxylic acids is 1. The first-order valence-corrected chi connectivity index (χ1v) is 10.5. The molecule has 2 aromatic carbocycles.